The summed E-state index contributed by atoms with van der Waals surface area (Å²) in [5.74, 6) is -0.284. The monoisotopic (exact) mass is 321 g/mol. The number of benzene rings is 1. The summed E-state index contributed by atoms with van der Waals surface area (Å²) in [5, 5.41) is 9.29. The average molecular weight is 321 g/mol. The number of aromatic nitrogens is 1. The van der Waals surface area contributed by atoms with Gasteiger partial charge in [-0.25, -0.2) is 0 Å². The molecule has 0 unspecified atom stereocenters. The van der Waals surface area contributed by atoms with Crippen LogP contribution < -0.4 is 0 Å². The Kier molecular flexibility index (Phi) is 4.94. The molecule has 2 aromatic rings. The van der Waals surface area contributed by atoms with E-state index in [4.69, 9.17) is 0 Å². The molecule has 2 rings (SSSR count). The van der Waals surface area contributed by atoms with Crippen molar-refractivity contribution in [3.63, 3.8) is 0 Å². The van der Waals surface area contributed by atoms with Crippen molar-refractivity contribution in [1.29, 1.82) is 5.26 Å². The van der Waals surface area contributed by atoms with Crippen LogP contribution in [0.1, 0.15) is 28.1 Å². The number of carbonyl (C=O) groups is 1. The maximum absolute atomic E-state index is 12.1. The van der Waals surface area contributed by atoms with Gasteiger partial charge < -0.3 is 9.47 Å². The topological polar surface area (TPSA) is 49.0 Å². The van der Waals surface area contributed by atoms with Crippen molar-refractivity contribution in [1.82, 2.24) is 9.47 Å². The first kappa shape index (κ1) is 17.6. The Bertz CT molecular complexity index is 843. The molecule has 0 saturated carbocycles. The molecule has 0 N–H and O–H groups in total. The predicted octanol–water partition coefficient (Wildman–Crippen LogP) is 3.71. The number of aryl methyl sites for hydroxylation is 3. The van der Waals surface area contributed by atoms with E-state index >= 15 is 0 Å². The molecule has 1 aromatic carbocycles. The number of hydrogen-bond donors (Lipinski definition) is 0. The lowest BCUT2D eigenvalue weighted by atomic mass is 10.1. The van der Waals surface area contributed by atoms with Gasteiger partial charge in [-0.2, -0.15) is 5.26 Å². The van der Waals surface area contributed by atoms with Gasteiger partial charge in [-0.1, -0.05) is 6.07 Å². The van der Waals surface area contributed by atoms with Gasteiger partial charge >= 0.3 is 0 Å². The molecule has 4 heteroatoms. The summed E-state index contributed by atoms with van der Waals surface area (Å²) in [4.78, 5) is 13.5. The first-order chi connectivity index (χ1) is 11.2. The highest BCUT2D eigenvalue weighted by atomic mass is 16.2. The fourth-order valence-corrected chi connectivity index (χ4v) is 2.95. The van der Waals surface area contributed by atoms with E-state index in [0.29, 0.717) is 0 Å². The summed E-state index contributed by atoms with van der Waals surface area (Å²) < 4.78 is 2.15. The van der Waals surface area contributed by atoms with E-state index in [1.807, 2.05) is 26.0 Å². The predicted molar refractivity (Wildman–Crippen MR) is 97.0 cm³/mol. The third-order valence-corrected chi connectivity index (χ3v) is 3.99. The summed E-state index contributed by atoms with van der Waals surface area (Å²) in [6, 6.07) is 10.4. The Morgan fingerprint density at radius 3 is 2.17 bits per heavy atom. The Morgan fingerprint density at radius 1 is 1.08 bits per heavy atom. The second-order valence-electron chi connectivity index (χ2n) is 6.38. The molecule has 124 valence electrons. The summed E-state index contributed by atoms with van der Waals surface area (Å²) in [6.07, 6.45) is 1.67. The minimum Gasteiger partial charge on any atom is -0.344 e. The molecule has 1 amide bonds. The maximum atomic E-state index is 12.1. The van der Waals surface area contributed by atoms with Crippen LogP contribution in [0, 0.1) is 39.0 Å². The van der Waals surface area contributed by atoms with E-state index in [9.17, 15) is 10.1 Å². The fourth-order valence-electron chi connectivity index (χ4n) is 2.95. The van der Waals surface area contributed by atoms with E-state index < -0.39 is 0 Å². The zero-order valence-electron chi connectivity index (χ0n) is 15.1. The SMILES string of the molecule is Cc1cc(C)cc(-n2c(C)cc(/C=C(/C#N)C(=O)N(C)C)c2C)c1. The number of carbonyl (C=O) groups excluding carboxylic acids is 1. The molecule has 4 nitrogen and oxygen atoms in total. The Morgan fingerprint density at radius 2 is 1.67 bits per heavy atom. The highest BCUT2D eigenvalue weighted by molar-refractivity contribution is 6.01. The van der Waals surface area contributed by atoms with Gasteiger partial charge in [-0.05, 0) is 68.7 Å². The van der Waals surface area contributed by atoms with Crippen LogP contribution in [0.25, 0.3) is 11.8 Å². The van der Waals surface area contributed by atoms with Gasteiger partial charge in [0, 0.05) is 31.2 Å². The molecule has 0 spiro atoms. The van der Waals surface area contributed by atoms with Crippen molar-refractivity contribution in [2.75, 3.05) is 14.1 Å². The van der Waals surface area contributed by atoms with E-state index in [1.54, 1.807) is 20.2 Å². The minimum absolute atomic E-state index is 0.140. The van der Waals surface area contributed by atoms with Crippen molar-refractivity contribution >= 4 is 12.0 Å². The largest absolute Gasteiger partial charge is 0.344 e. The number of rotatable bonds is 3. The highest BCUT2D eigenvalue weighted by Gasteiger charge is 2.15. The van der Waals surface area contributed by atoms with Crippen LogP contribution in [0.15, 0.2) is 29.8 Å². The van der Waals surface area contributed by atoms with Gasteiger partial charge in [-0.15, -0.1) is 0 Å². The normalized spacial score (nSPS) is 11.3. The molecule has 0 aliphatic rings. The third kappa shape index (κ3) is 3.41. The Balaban J connectivity index is 2.58. The molecular weight excluding hydrogens is 298 g/mol. The van der Waals surface area contributed by atoms with Crippen molar-refractivity contribution in [2.45, 2.75) is 27.7 Å². The lowest BCUT2D eigenvalue weighted by Gasteiger charge is -2.12. The maximum Gasteiger partial charge on any atom is 0.264 e. The first-order valence-corrected chi connectivity index (χ1v) is 7.85. The van der Waals surface area contributed by atoms with Crippen LogP contribution in [0.5, 0.6) is 0 Å². The molecular formula is C20H23N3O. The van der Waals surface area contributed by atoms with Gasteiger partial charge in [-0.3, -0.25) is 4.79 Å². The zero-order chi connectivity index (χ0) is 18.0. The van der Waals surface area contributed by atoms with Crippen molar-refractivity contribution in [3.8, 4) is 11.8 Å². The molecule has 0 bridgehead atoms. The van der Waals surface area contributed by atoms with Crippen LogP contribution in [-0.2, 0) is 4.79 Å². The van der Waals surface area contributed by atoms with Crippen molar-refractivity contribution in [2.24, 2.45) is 0 Å². The third-order valence-electron chi connectivity index (χ3n) is 3.99. The molecule has 0 fully saturated rings. The zero-order valence-corrected chi connectivity index (χ0v) is 15.1. The van der Waals surface area contributed by atoms with E-state index in [2.05, 4.69) is 36.6 Å². The molecule has 0 aliphatic heterocycles. The van der Waals surface area contributed by atoms with Crippen LogP contribution in [0.3, 0.4) is 0 Å². The number of hydrogen-bond acceptors (Lipinski definition) is 2. The van der Waals surface area contributed by atoms with Crippen LogP contribution in [0.4, 0.5) is 0 Å². The number of amides is 1. The van der Waals surface area contributed by atoms with E-state index in [-0.39, 0.29) is 11.5 Å². The van der Waals surface area contributed by atoms with Crippen LogP contribution in [0.2, 0.25) is 0 Å². The molecule has 24 heavy (non-hydrogen) atoms. The molecule has 0 radical (unpaired) electrons. The number of likely N-dealkylation sites (N-methyl/N-ethyl adjacent to an activating group) is 1. The summed E-state index contributed by atoms with van der Waals surface area (Å²) in [7, 11) is 3.29. The molecule has 0 atom stereocenters. The quantitative estimate of drug-likeness (QED) is 0.639. The lowest BCUT2D eigenvalue weighted by Crippen LogP contribution is -2.22. The lowest BCUT2D eigenvalue weighted by molar-refractivity contribution is -0.124. The highest BCUT2D eigenvalue weighted by Crippen LogP contribution is 2.24. The Labute approximate surface area is 143 Å². The standard InChI is InChI=1S/C20H23N3O/c1-13-7-14(2)9-19(8-13)23-15(3)10-17(16(23)4)11-18(12-21)20(24)22(5)6/h7-11H,1-6H3/b18-11-. The second kappa shape index (κ2) is 6.76. The molecule has 1 heterocycles. The molecule has 0 saturated heterocycles. The van der Waals surface area contributed by atoms with Crippen molar-refractivity contribution in [3.05, 3.63) is 57.9 Å². The first-order valence-electron chi connectivity index (χ1n) is 7.85. The minimum atomic E-state index is -0.284. The smallest absolute Gasteiger partial charge is 0.264 e. The van der Waals surface area contributed by atoms with Crippen molar-refractivity contribution < 1.29 is 4.79 Å². The summed E-state index contributed by atoms with van der Waals surface area (Å²) in [5.41, 5.74) is 6.61. The Hall–Kier alpha value is -2.80. The molecule has 0 aliphatic carbocycles. The fraction of sp³-hybridized carbons (Fsp3) is 0.300. The van der Waals surface area contributed by atoms with Crippen LogP contribution in [-0.4, -0.2) is 29.5 Å². The van der Waals surface area contributed by atoms with E-state index in [0.717, 1.165) is 22.6 Å². The summed E-state index contributed by atoms with van der Waals surface area (Å²) >= 11 is 0. The van der Waals surface area contributed by atoms with Gasteiger partial charge in [0.05, 0.1) is 0 Å². The van der Waals surface area contributed by atoms with Gasteiger partial charge in [0.2, 0.25) is 0 Å². The molecule has 1 aromatic heterocycles. The second-order valence-corrected chi connectivity index (χ2v) is 6.38. The van der Waals surface area contributed by atoms with Crippen LogP contribution >= 0.6 is 0 Å². The van der Waals surface area contributed by atoms with E-state index in [1.165, 1.54) is 16.0 Å². The summed E-state index contributed by atoms with van der Waals surface area (Å²) in [6.45, 7) is 8.19. The van der Waals surface area contributed by atoms with Gasteiger partial charge in [0.1, 0.15) is 11.6 Å². The number of nitriles is 1. The number of nitrogens with zero attached hydrogens (tertiary/aromatic N) is 3. The average Bonchev–Trinajstić information content (AvgIpc) is 2.77. The van der Waals surface area contributed by atoms with Gasteiger partial charge in [0.25, 0.3) is 5.91 Å². The van der Waals surface area contributed by atoms with Gasteiger partial charge in [0.15, 0.2) is 0 Å².